The third-order valence-electron chi connectivity index (χ3n) is 8.01. The molecule has 2 aromatic carbocycles. The van der Waals surface area contributed by atoms with Crippen LogP contribution in [0.1, 0.15) is 59.5 Å². The third-order valence-corrected chi connectivity index (χ3v) is 8.98. The Balaban J connectivity index is 1.48. The fraction of sp³-hybridized carbons (Fsp3) is 0.344. The number of terminal acetylenes is 1. The summed E-state index contributed by atoms with van der Waals surface area (Å²) < 4.78 is 32.5. The Morgan fingerprint density at radius 1 is 1.22 bits per heavy atom. The molecule has 1 fully saturated rings. The molecule has 5 rings (SSSR count). The van der Waals surface area contributed by atoms with Crippen molar-refractivity contribution in [1.82, 2.24) is 20.1 Å². The lowest BCUT2D eigenvalue weighted by atomic mass is 9.78. The van der Waals surface area contributed by atoms with Crippen molar-refractivity contribution in [2.24, 2.45) is 0 Å². The summed E-state index contributed by atoms with van der Waals surface area (Å²) in [7, 11) is -3.58. The van der Waals surface area contributed by atoms with Gasteiger partial charge in [-0.3, -0.25) is 19.4 Å². The molecule has 2 amide bonds. The lowest BCUT2D eigenvalue weighted by molar-refractivity contribution is -0.138. The molecule has 3 aromatic rings. The number of hydroxylamine groups is 1. The number of halogens is 1. The molecule has 0 spiro atoms. The molecule has 1 aliphatic carbocycles. The van der Waals surface area contributed by atoms with Crippen molar-refractivity contribution in [2.45, 2.75) is 62.8 Å². The van der Waals surface area contributed by atoms with Gasteiger partial charge in [0.15, 0.2) is 5.58 Å². The van der Waals surface area contributed by atoms with Gasteiger partial charge in [-0.1, -0.05) is 60.7 Å². The number of H-pyrrole nitrogens is 1. The van der Waals surface area contributed by atoms with Crippen molar-refractivity contribution in [1.29, 1.82) is 0 Å². The van der Waals surface area contributed by atoms with Gasteiger partial charge in [0.25, 0.3) is 11.8 Å². The topological polar surface area (TPSA) is 151 Å². The quantitative estimate of drug-likeness (QED) is 0.171. The van der Waals surface area contributed by atoms with E-state index in [-0.39, 0.29) is 18.9 Å². The van der Waals surface area contributed by atoms with Crippen LogP contribution < -0.4 is 16.0 Å². The van der Waals surface area contributed by atoms with Crippen LogP contribution in [-0.4, -0.2) is 54.5 Å². The highest BCUT2D eigenvalue weighted by molar-refractivity contribution is 7.88. The van der Waals surface area contributed by atoms with Crippen LogP contribution in [-0.2, 0) is 26.3 Å². The van der Waals surface area contributed by atoms with Gasteiger partial charge in [-0.15, -0.1) is 6.42 Å². The van der Waals surface area contributed by atoms with Crippen molar-refractivity contribution in [3.05, 3.63) is 93.0 Å². The Bertz CT molecular complexity index is 1860. The first kappa shape index (κ1) is 32.2. The number of allylic oxidation sites excluding steroid dienone is 3. The van der Waals surface area contributed by atoms with Gasteiger partial charge in [0.1, 0.15) is 0 Å². The lowest BCUT2D eigenvalue weighted by Crippen LogP contribution is -2.62. The molecule has 1 aromatic heterocycles. The van der Waals surface area contributed by atoms with Crippen LogP contribution in [0, 0.1) is 12.3 Å². The van der Waals surface area contributed by atoms with Gasteiger partial charge >= 0.3 is 5.76 Å². The first-order chi connectivity index (χ1) is 21.6. The molecule has 0 bridgehead atoms. The van der Waals surface area contributed by atoms with Crippen molar-refractivity contribution in [3.63, 3.8) is 0 Å². The molecule has 0 saturated heterocycles. The summed E-state index contributed by atoms with van der Waals surface area (Å²) in [4.78, 5) is 49.5. The number of aromatic amines is 1. The smallest absolute Gasteiger partial charge is 0.408 e. The van der Waals surface area contributed by atoms with Gasteiger partial charge in [0, 0.05) is 28.8 Å². The minimum absolute atomic E-state index is 0.0202. The predicted octanol–water partition coefficient (Wildman–Crippen LogP) is 3.84. The summed E-state index contributed by atoms with van der Waals surface area (Å²) in [5.74, 6) is 0.146. The number of aromatic nitrogens is 1. The number of carbonyl (C=O) groups excluding carboxylic acids is 2. The summed E-state index contributed by atoms with van der Waals surface area (Å²) in [6.45, 7) is -0.0202. The molecule has 0 unspecified atom stereocenters. The Labute approximate surface area is 265 Å². The number of sulfonamides is 1. The first-order valence-corrected chi connectivity index (χ1v) is 16.7. The van der Waals surface area contributed by atoms with Gasteiger partial charge in [-0.2, -0.15) is 0 Å². The van der Waals surface area contributed by atoms with E-state index in [4.69, 9.17) is 27.3 Å². The highest BCUT2D eigenvalue weighted by Crippen LogP contribution is 2.39. The summed E-state index contributed by atoms with van der Waals surface area (Å²) in [6.07, 6.45) is 14.1. The van der Waals surface area contributed by atoms with Crippen molar-refractivity contribution < 1.29 is 27.3 Å². The molecular weight excluding hydrogens is 620 g/mol. The molecule has 1 aliphatic heterocycles. The zero-order valence-corrected chi connectivity index (χ0v) is 26.1. The van der Waals surface area contributed by atoms with Crippen molar-refractivity contribution in [2.75, 3.05) is 6.26 Å². The normalized spacial score (nSPS) is 22.4. The Morgan fingerprint density at radius 3 is 2.78 bits per heavy atom. The fourth-order valence-corrected chi connectivity index (χ4v) is 7.20. The second kappa shape index (κ2) is 13.9. The Morgan fingerprint density at radius 2 is 2.00 bits per heavy atom. The monoisotopic (exact) mass is 652 g/mol. The fourth-order valence-electron chi connectivity index (χ4n) is 6.22. The van der Waals surface area contributed by atoms with E-state index in [1.165, 1.54) is 6.08 Å². The second-order valence-corrected chi connectivity index (χ2v) is 13.3. The van der Waals surface area contributed by atoms with Crippen LogP contribution in [0.5, 0.6) is 0 Å². The first-order valence-electron chi connectivity index (χ1n) is 14.5. The number of benzene rings is 2. The van der Waals surface area contributed by atoms with E-state index in [0.717, 1.165) is 19.1 Å². The van der Waals surface area contributed by atoms with Crippen molar-refractivity contribution >= 4 is 44.5 Å². The van der Waals surface area contributed by atoms with Crippen LogP contribution >= 0.6 is 11.6 Å². The zero-order valence-electron chi connectivity index (χ0n) is 24.5. The zero-order chi connectivity index (χ0) is 32.1. The van der Waals surface area contributed by atoms with E-state index in [2.05, 4.69) is 21.1 Å². The molecule has 2 heterocycles. The maximum absolute atomic E-state index is 14.2. The van der Waals surface area contributed by atoms with Gasteiger partial charge in [0.2, 0.25) is 10.0 Å². The van der Waals surface area contributed by atoms with Gasteiger partial charge in [-0.25, -0.2) is 23.4 Å². The van der Waals surface area contributed by atoms with Gasteiger partial charge in [-0.05, 0) is 54.7 Å². The summed E-state index contributed by atoms with van der Waals surface area (Å²) >= 11 is 6.20. The van der Waals surface area contributed by atoms with Gasteiger partial charge in [0.05, 0.1) is 30.3 Å². The molecule has 45 heavy (non-hydrogen) atoms. The van der Waals surface area contributed by atoms with E-state index in [1.54, 1.807) is 59.5 Å². The van der Waals surface area contributed by atoms with Crippen molar-refractivity contribution in [3.8, 4) is 12.3 Å². The largest absolute Gasteiger partial charge is 0.417 e. The number of hydrogen-bond donors (Lipinski definition) is 3. The standard InChI is InChI=1S/C32H33ClN4O7S/c1-3-9-21(33)10-8-15-27-29(30(38)35-43-19-20-16-17-25-28(18-20)44-32(40)34-25)22-11-4-5-12-23(22)31(39)37(27)26-14-7-6-13-24(26)36-45(2,41)42/h1,4-5,8-12,16-18,24,26-27,29,36H,6-7,13-15,19H2,2H3,(H,34,40)(H,35,38)/b10-8-,21-9+/t24-,26-,27-,29+/m0/s1. The van der Waals surface area contributed by atoms with E-state index >= 15 is 0 Å². The average Bonchev–Trinajstić information content (AvgIpc) is 3.36. The number of rotatable bonds is 10. The SMILES string of the molecule is C#C/C=C(Cl)\C=C/C[C@H]1[C@H](C(=O)NOCc2ccc3[nH]c(=O)oc3c2)c2ccccc2C(=O)N1[C@H]1CCCC[C@@H]1NS(C)(=O)=O. The summed E-state index contributed by atoms with van der Waals surface area (Å²) in [5.41, 5.74) is 4.99. The molecule has 1 saturated carbocycles. The molecule has 4 atom stereocenters. The maximum atomic E-state index is 14.2. The molecular formula is C32H33ClN4O7S. The Hall–Kier alpha value is -4.15. The highest BCUT2D eigenvalue weighted by atomic mass is 35.5. The molecule has 236 valence electrons. The number of fused-ring (bicyclic) bond motifs is 2. The number of carbonyl (C=O) groups is 2. The van der Waals surface area contributed by atoms with E-state index in [0.29, 0.717) is 45.7 Å². The molecule has 11 nitrogen and oxygen atoms in total. The maximum Gasteiger partial charge on any atom is 0.417 e. The van der Waals surface area contributed by atoms with E-state index < -0.39 is 45.7 Å². The number of nitrogens with zero attached hydrogens (tertiary/aromatic N) is 1. The highest BCUT2D eigenvalue weighted by Gasteiger charge is 2.47. The average molecular weight is 653 g/mol. The number of hydrogen-bond acceptors (Lipinski definition) is 7. The number of nitrogens with one attached hydrogen (secondary N) is 3. The van der Waals surface area contributed by atoms with E-state index in [9.17, 15) is 22.8 Å². The minimum atomic E-state index is -3.58. The Kier molecular flexibility index (Phi) is 9.94. The minimum Gasteiger partial charge on any atom is -0.408 e. The lowest BCUT2D eigenvalue weighted by Gasteiger charge is -2.48. The predicted molar refractivity (Wildman–Crippen MR) is 169 cm³/mol. The van der Waals surface area contributed by atoms with E-state index in [1.807, 2.05) is 0 Å². The third kappa shape index (κ3) is 7.57. The number of oxazole rings is 1. The van der Waals surface area contributed by atoms with Gasteiger partial charge < -0.3 is 9.32 Å². The van der Waals surface area contributed by atoms with Crippen LogP contribution in [0.3, 0.4) is 0 Å². The van der Waals surface area contributed by atoms with Crippen LogP contribution in [0.15, 0.2) is 74.9 Å². The number of amides is 2. The van der Waals surface area contributed by atoms with Crippen LogP contribution in [0.25, 0.3) is 11.1 Å². The van der Waals surface area contributed by atoms with Crippen LogP contribution in [0.4, 0.5) is 0 Å². The molecule has 0 radical (unpaired) electrons. The summed E-state index contributed by atoms with van der Waals surface area (Å²) in [5, 5.41) is 0.306. The molecule has 2 aliphatic rings. The summed E-state index contributed by atoms with van der Waals surface area (Å²) in [6, 6.07) is 10.2. The molecule has 3 N–H and O–H groups in total. The molecule has 13 heteroatoms. The second-order valence-electron chi connectivity index (χ2n) is 11.1. The van der Waals surface area contributed by atoms with Crippen LogP contribution in [0.2, 0.25) is 0 Å².